The lowest BCUT2D eigenvalue weighted by atomic mass is 9.81. The van der Waals surface area contributed by atoms with Gasteiger partial charge in [0.15, 0.2) is 0 Å². The molecule has 110 valence electrons. The molecule has 1 aromatic carbocycles. The van der Waals surface area contributed by atoms with Gasteiger partial charge in [0.2, 0.25) is 0 Å². The zero-order valence-electron chi connectivity index (χ0n) is 12.9. The Labute approximate surface area is 123 Å². The first kappa shape index (κ1) is 13.9. The molecule has 2 nitrogen and oxygen atoms in total. The van der Waals surface area contributed by atoms with E-state index in [1.807, 2.05) is 0 Å². The standard InChI is InChI=1S/C18H28N2/c1-3-11-19-15-12-17-5-4-6-18(13-15)20(17)16-9-7-14(2)8-10-16/h7-10,15,17-19H,3-6,11-13H2,1-2H3. The van der Waals surface area contributed by atoms with Crippen molar-refractivity contribution in [2.24, 2.45) is 0 Å². The second kappa shape index (κ2) is 6.17. The van der Waals surface area contributed by atoms with Crippen molar-refractivity contribution in [3.05, 3.63) is 29.8 Å². The summed E-state index contributed by atoms with van der Waals surface area (Å²) in [6.45, 7) is 5.61. The Kier molecular flexibility index (Phi) is 4.30. The van der Waals surface area contributed by atoms with Gasteiger partial charge >= 0.3 is 0 Å². The summed E-state index contributed by atoms with van der Waals surface area (Å²) >= 11 is 0. The molecular formula is C18H28N2. The molecule has 20 heavy (non-hydrogen) atoms. The Morgan fingerprint density at radius 3 is 2.35 bits per heavy atom. The van der Waals surface area contributed by atoms with Crippen LogP contribution in [0.3, 0.4) is 0 Å². The third kappa shape index (κ3) is 2.85. The van der Waals surface area contributed by atoms with Gasteiger partial charge in [-0.15, -0.1) is 0 Å². The number of hydrogen-bond donors (Lipinski definition) is 1. The summed E-state index contributed by atoms with van der Waals surface area (Å²) in [6.07, 6.45) is 8.05. The van der Waals surface area contributed by atoms with E-state index in [4.69, 9.17) is 0 Å². The van der Waals surface area contributed by atoms with Gasteiger partial charge in [0.1, 0.15) is 0 Å². The van der Waals surface area contributed by atoms with Gasteiger partial charge < -0.3 is 10.2 Å². The van der Waals surface area contributed by atoms with E-state index < -0.39 is 0 Å². The van der Waals surface area contributed by atoms with Crippen LogP contribution in [0.2, 0.25) is 0 Å². The Hall–Kier alpha value is -1.02. The van der Waals surface area contributed by atoms with Gasteiger partial charge in [0.05, 0.1) is 0 Å². The number of aryl methyl sites for hydroxylation is 1. The lowest BCUT2D eigenvalue weighted by Gasteiger charge is -2.50. The number of rotatable bonds is 4. The Balaban J connectivity index is 1.74. The lowest BCUT2D eigenvalue weighted by Crippen LogP contribution is -2.56. The van der Waals surface area contributed by atoms with E-state index in [2.05, 4.69) is 48.3 Å². The largest absolute Gasteiger partial charge is 0.365 e. The monoisotopic (exact) mass is 272 g/mol. The van der Waals surface area contributed by atoms with Crippen molar-refractivity contribution in [3.8, 4) is 0 Å². The minimum absolute atomic E-state index is 0.743. The second-order valence-corrected chi connectivity index (χ2v) is 6.60. The Morgan fingerprint density at radius 1 is 1.10 bits per heavy atom. The van der Waals surface area contributed by atoms with E-state index in [1.165, 1.54) is 56.3 Å². The fraction of sp³-hybridized carbons (Fsp3) is 0.667. The highest BCUT2D eigenvalue weighted by Gasteiger charge is 2.37. The van der Waals surface area contributed by atoms with Crippen molar-refractivity contribution >= 4 is 5.69 Å². The van der Waals surface area contributed by atoms with Gasteiger partial charge in [0, 0.05) is 23.8 Å². The van der Waals surface area contributed by atoms with E-state index in [-0.39, 0.29) is 0 Å². The number of fused-ring (bicyclic) bond motifs is 2. The van der Waals surface area contributed by atoms with Crippen LogP contribution in [0.5, 0.6) is 0 Å². The third-order valence-corrected chi connectivity index (χ3v) is 4.99. The van der Waals surface area contributed by atoms with E-state index in [9.17, 15) is 0 Å². The number of hydrogen-bond acceptors (Lipinski definition) is 2. The molecule has 2 saturated heterocycles. The smallest absolute Gasteiger partial charge is 0.0371 e. The van der Waals surface area contributed by atoms with Gasteiger partial charge in [-0.1, -0.05) is 24.6 Å². The van der Waals surface area contributed by atoms with Crippen LogP contribution in [-0.2, 0) is 0 Å². The van der Waals surface area contributed by atoms with Crippen molar-refractivity contribution < 1.29 is 0 Å². The van der Waals surface area contributed by atoms with Crippen molar-refractivity contribution in [2.75, 3.05) is 11.4 Å². The number of benzene rings is 1. The molecule has 2 heteroatoms. The number of nitrogens with zero attached hydrogens (tertiary/aromatic N) is 1. The predicted molar refractivity (Wildman–Crippen MR) is 86.4 cm³/mol. The molecule has 2 fully saturated rings. The first-order chi connectivity index (χ1) is 9.78. The third-order valence-electron chi connectivity index (χ3n) is 4.99. The summed E-state index contributed by atoms with van der Waals surface area (Å²) in [7, 11) is 0. The van der Waals surface area contributed by atoms with Crippen molar-refractivity contribution in [1.29, 1.82) is 0 Å². The highest BCUT2D eigenvalue weighted by molar-refractivity contribution is 5.50. The summed E-state index contributed by atoms with van der Waals surface area (Å²) in [6, 6.07) is 11.4. The number of anilines is 1. The van der Waals surface area contributed by atoms with Crippen LogP contribution in [-0.4, -0.2) is 24.7 Å². The minimum Gasteiger partial charge on any atom is -0.365 e. The van der Waals surface area contributed by atoms with E-state index >= 15 is 0 Å². The topological polar surface area (TPSA) is 15.3 Å². The van der Waals surface area contributed by atoms with E-state index in [0.717, 1.165) is 18.1 Å². The normalized spacial score (nSPS) is 29.5. The van der Waals surface area contributed by atoms with Gasteiger partial charge in [-0.05, 0) is 64.1 Å². The average Bonchev–Trinajstić information content (AvgIpc) is 2.45. The fourth-order valence-corrected chi connectivity index (χ4v) is 4.03. The molecule has 0 radical (unpaired) electrons. The maximum absolute atomic E-state index is 3.75. The molecule has 2 unspecified atom stereocenters. The molecular weight excluding hydrogens is 244 g/mol. The number of nitrogens with one attached hydrogen (secondary N) is 1. The van der Waals surface area contributed by atoms with Crippen LogP contribution >= 0.6 is 0 Å². The predicted octanol–water partition coefficient (Wildman–Crippen LogP) is 3.88. The molecule has 2 bridgehead atoms. The molecule has 1 N–H and O–H groups in total. The molecule has 2 heterocycles. The highest BCUT2D eigenvalue weighted by atomic mass is 15.2. The van der Waals surface area contributed by atoms with Gasteiger partial charge in [0.25, 0.3) is 0 Å². The maximum atomic E-state index is 3.75. The number of piperidine rings is 2. The van der Waals surface area contributed by atoms with E-state index in [1.54, 1.807) is 0 Å². The SMILES string of the molecule is CCCNC1CC2CCCC(C1)N2c1ccc(C)cc1. The summed E-state index contributed by atoms with van der Waals surface area (Å²) < 4.78 is 0. The molecule has 1 aromatic rings. The minimum atomic E-state index is 0.743. The first-order valence-corrected chi connectivity index (χ1v) is 8.36. The van der Waals surface area contributed by atoms with E-state index in [0.29, 0.717) is 0 Å². The second-order valence-electron chi connectivity index (χ2n) is 6.60. The van der Waals surface area contributed by atoms with Crippen LogP contribution in [0.1, 0.15) is 51.0 Å². The summed E-state index contributed by atoms with van der Waals surface area (Å²) in [5.74, 6) is 0. The first-order valence-electron chi connectivity index (χ1n) is 8.36. The summed E-state index contributed by atoms with van der Waals surface area (Å²) in [5.41, 5.74) is 2.80. The van der Waals surface area contributed by atoms with Crippen LogP contribution in [0.4, 0.5) is 5.69 Å². The molecule has 0 spiro atoms. The summed E-state index contributed by atoms with van der Waals surface area (Å²) in [4.78, 5) is 2.73. The molecule has 0 saturated carbocycles. The van der Waals surface area contributed by atoms with Crippen molar-refractivity contribution in [1.82, 2.24) is 5.32 Å². The van der Waals surface area contributed by atoms with Crippen LogP contribution in [0.25, 0.3) is 0 Å². The molecule has 2 atom stereocenters. The highest BCUT2D eigenvalue weighted by Crippen LogP contribution is 2.37. The maximum Gasteiger partial charge on any atom is 0.0371 e. The Morgan fingerprint density at radius 2 is 1.75 bits per heavy atom. The molecule has 0 aliphatic carbocycles. The molecule has 0 aromatic heterocycles. The lowest BCUT2D eigenvalue weighted by molar-refractivity contribution is 0.246. The molecule has 0 amide bonds. The van der Waals surface area contributed by atoms with Crippen molar-refractivity contribution in [2.45, 2.75) is 70.5 Å². The van der Waals surface area contributed by atoms with Gasteiger partial charge in [-0.25, -0.2) is 0 Å². The van der Waals surface area contributed by atoms with Crippen LogP contribution in [0, 0.1) is 6.92 Å². The Bertz CT molecular complexity index is 412. The molecule has 2 aliphatic heterocycles. The zero-order chi connectivity index (χ0) is 13.9. The average molecular weight is 272 g/mol. The van der Waals surface area contributed by atoms with Crippen LogP contribution in [0.15, 0.2) is 24.3 Å². The van der Waals surface area contributed by atoms with Crippen molar-refractivity contribution in [3.63, 3.8) is 0 Å². The summed E-state index contributed by atoms with van der Waals surface area (Å²) in [5, 5.41) is 3.75. The fourth-order valence-electron chi connectivity index (χ4n) is 4.03. The zero-order valence-corrected chi connectivity index (χ0v) is 12.9. The quantitative estimate of drug-likeness (QED) is 0.894. The molecule has 2 aliphatic rings. The molecule has 3 rings (SSSR count). The van der Waals surface area contributed by atoms with Gasteiger partial charge in [-0.2, -0.15) is 0 Å². The van der Waals surface area contributed by atoms with Gasteiger partial charge in [-0.3, -0.25) is 0 Å². The van der Waals surface area contributed by atoms with Crippen LogP contribution < -0.4 is 10.2 Å².